The van der Waals surface area contributed by atoms with Crippen molar-refractivity contribution in [2.75, 3.05) is 18.1 Å². The van der Waals surface area contributed by atoms with Crippen LogP contribution in [0.3, 0.4) is 0 Å². The van der Waals surface area contributed by atoms with Crippen molar-refractivity contribution in [1.82, 2.24) is 5.32 Å². The summed E-state index contributed by atoms with van der Waals surface area (Å²) in [4.78, 5) is 22.7. The van der Waals surface area contributed by atoms with Crippen LogP contribution in [0, 0.1) is 5.92 Å². The molecule has 0 heterocycles. The Kier molecular flexibility index (Phi) is 12.2. The van der Waals surface area contributed by atoms with E-state index in [4.69, 9.17) is 4.74 Å². The van der Waals surface area contributed by atoms with E-state index >= 15 is 0 Å². The number of carbonyl (C=O) groups is 2. The number of hydrogen-bond acceptors (Lipinski definition) is 5. The highest BCUT2D eigenvalue weighted by atomic mass is 33.1. The van der Waals surface area contributed by atoms with E-state index < -0.39 is 0 Å². The smallest absolute Gasteiger partial charge is 0.306 e. The summed E-state index contributed by atoms with van der Waals surface area (Å²) in [6.07, 6.45) is 1.57. The lowest BCUT2D eigenvalue weighted by atomic mass is 10.2. The van der Waals surface area contributed by atoms with Crippen LogP contribution in [-0.4, -0.2) is 36.0 Å². The van der Waals surface area contributed by atoms with Gasteiger partial charge in [0.15, 0.2) is 0 Å². The number of amides is 1. The molecule has 6 heteroatoms. The van der Waals surface area contributed by atoms with Gasteiger partial charge in [-0.05, 0) is 26.2 Å². The third-order valence-corrected chi connectivity index (χ3v) is 4.70. The summed E-state index contributed by atoms with van der Waals surface area (Å²) in [6.45, 7) is 8.63. The van der Waals surface area contributed by atoms with E-state index in [2.05, 4.69) is 19.2 Å². The fourth-order valence-corrected chi connectivity index (χ4v) is 3.43. The average Bonchev–Trinajstić information content (AvgIpc) is 2.34. The van der Waals surface area contributed by atoms with Crippen molar-refractivity contribution >= 4 is 33.5 Å². The van der Waals surface area contributed by atoms with Crippen LogP contribution in [0.4, 0.5) is 0 Å². The molecule has 118 valence electrons. The van der Waals surface area contributed by atoms with Crippen molar-refractivity contribution in [2.45, 2.75) is 53.0 Å². The molecule has 0 aliphatic rings. The minimum atomic E-state index is -0.295. The lowest BCUT2D eigenvalue weighted by Gasteiger charge is -2.08. The van der Waals surface area contributed by atoms with Crippen LogP contribution in [0.25, 0.3) is 0 Å². The second-order valence-corrected chi connectivity index (χ2v) is 7.97. The Morgan fingerprint density at radius 1 is 1.05 bits per heavy atom. The molecule has 0 atom stereocenters. The minimum Gasteiger partial charge on any atom is -0.465 e. The largest absolute Gasteiger partial charge is 0.465 e. The van der Waals surface area contributed by atoms with Crippen molar-refractivity contribution < 1.29 is 14.3 Å². The van der Waals surface area contributed by atoms with Gasteiger partial charge in [0.05, 0.1) is 6.42 Å². The molecule has 1 amide bonds. The quantitative estimate of drug-likeness (QED) is 0.360. The van der Waals surface area contributed by atoms with Gasteiger partial charge in [0.1, 0.15) is 6.61 Å². The highest BCUT2D eigenvalue weighted by Gasteiger charge is 2.08. The van der Waals surface area contributed by atoms with E-state index in [0.717, 1.165) is 17.4 Å². The highest BCUT2D eigenvalue weighted by Crippen LogP contribution is 2.23. The molecule has 0 rings (SSSR count). The lowest BCUT2D eigenvalue weighted by molar-refractivity contribution is -0.144. The molecular weight excluding hydrogens is 294 g/mol. The number of ether oxygens (including phenoxy) is 1. The Morgan fingerprint density at radius 3 is 2.30 bits per heavy atom. The second kappa shape index (κ2) is 12.4. The molecule has 1 N–H and O–H groups in total. The third kappa shape index (κ3) is 14.1. The predicted molar refractivity (Wildman–Crippen MR) is 87.8 cm³/mol. The van der Waals surface area contributed by atoms with E-state index in [-0.39, 0.29) is 30.8 Å². The molecule has 0 saturated heterocycles. The third-order valence-electron chi connectivity index (χ3n) is 2.30. The molecule has 0 bridgehead atoms. The van der Waals surface area contributed by atoms with Gasteiger partial charge >= 0.3 is 5.97 Å². The first kappa shape index (κ1) is 19.6. The van der Waals surface area contributed by atoms with E-state index in [1.54, 1.807) is 10.8 Å². The van der Waals surface area contributed by atoms with Gasteiger partial charge in [-0.1, -0.05) is 35.4 Å². The first-order chi connectivity index (χ1) is 9.41. The van der Waals surface area contributed by atoms with Crippen molar-refractivity contribution in [3.05, 3.63) is 0 Å². The molecule has 0 aromatic rings. The molecule has 0 aromatic carbocycles. The van der Waals surface area contributed by atoms with Gasteiger partial charge in [0.25, 0.3) is 0 Å². The number of nitrogens with one attached hydrogen (secondary N) is 1. The summed E-state index contributed by atoms with van der Waals surface area (Å²) in [5.41, 5.74) is 0. The summed E-state index contributed by atoms with van der Waals surface area (Å²) in [6, 6.07) is 0.109. The number of rotatable bonds is 11. The molecule has 0 aliphatic carbocycles. The first-order valence-electron chi connectivity index (χ1n) is 7.11. The summed E-state index contributed by atoms with van der Waals surface area (Å²) >= 11 is 0. The number of hydrogen-bond donors (Lipinski definition) is 1. The standard InChI is InChI=1S/C14H27NO3S2/c1-11(2)7-9-19-20-10-8-18-14(17)6-5-13(16)15-12(3)4/h11-12H,5-10H2,1-4H3,(H,15,16). The fourth-order valence-electron chi connectivity index (χ4n) is 1.27. The van der Waals surface area contributed by atoms with Crippen LogP contribution < -0.4 is 5.32 Å². The zero-order chi connectivity index (χ0) is 15.4. The Balaban J connectivity index is 3.39. The Labute approximate surface area is 130 Å². The van der Waals surface area contributed by atoms with Crippen molar-refractivity contribution in [3.8, 4) is 0 Å². The number of esters is 1. The molecule has 0 aliphatic heterocycles. The van der Waals surface area contributed by atoms with E-state index in [9.17, 15) is 9.59 Å². The summed E-state index contributed by atoms with van der Waals surface area (Å²) < 4.78 is 5.07. The first-order valence-corrected chi connectivity index (χ1v) is 9.60. The zero-order valence-electron chi connectivity index (χ0n) is 12.9. The maximum Gasteiger partial charge on any atom is 0.306 e. The Hall–Kier alpha value is -0.360. The Morgan fingerprint density at radius 2 is 1.70 bits per heavy atom. The molecule has 0 aromatic heterocycles. The van der Waals surface area contributed by atoms with Gasteiger partial charge < -0.3 is 10.1 Å². The molecule has 0 unspecified atom stereocenters. The molecular formula is C14H27NO3S2. The molecule has 0 spiro atoms. The van der Waals surface area contributed by atoms with Crippen molar-refractivity contribution in [3.63, 3.8) is 0 Å². The fraction of sp³-hybridized carbons (Fsp3) is 0.857. The summed E-state index contributed by atoms with van der Waals surface area (Å²) in [5, 5.41) is 2.74. The summed E-state index contributed by atoms with van der Waals surface area (Å²) in [7, 11) is 3.55. The maximum absolute atomic E-state index is 11.4. The van der Waals surface area contributed by atoms with Crippen molar-refractivity contribution in [1.29, 1.82) is 0 Å². The SMILES string of the molecule is CC(C)CCSSCCOC(=O)CCC(=O)NC(C)C. The van der Waals surface area contributed by atoms with E-state index in [1.807, 2.05) is 24.6 Å². The number of carbonyl (C=O) groups excluding carboxylic acids is 2. The van der Waals surface area contributed by atoms with Crippen LogP contribution in [0.2, 0.25) is 0 Å². The van der Waals surface area contributed by atoms with Gasteiger partial charge in [-0.3, -0.25) is 9.59 Å². The van der Waals surface area contributed by atoms with Gasteiger partial charge in [0.2, 0.25) is 5.91 Å². The molecule has 0 saturated carbocycles. The van der Waals surface area contributed by atoms with Gasteiger partial charge in [-0.25, -0.2) is 0 Å². The highest BCUT2D eigenvalue weighted by molar-refractivity contribution is 8.76. The molecule has 0 radical (unpaired) electrons. The van der Waals surface area contributed by atoms with Crippen LogP contribution in [0.5, 0.6) is 0 Å². The minimum absolute atomic E-state index is 0.101. The zero-order valence-corrected chi connectivity index (χ0v) is 14.6. The Bertz CT molecular complexity index is 284. The molecule has 0 fully saturated rings. The predicted octanol–water partition coefficient (Wildman–Crippen LogP) is 3.26. The van der Waals surface area contributed by atoms with Crippen LogP contribution >= 0.6 is 21.6 Å². The van der Waals surface area contributed by atoms with Crippen LogP contribution in [-0.2, 0) is 14.3 Å². The van der Waals surface area contributed by atoms with Crippen LogP contribution in [0.15, 0.2) is 0 Å². The van der Waals surface area contributed by atoms with Crippen molar-refractivity contribution in [2.24, 2.45) is 5.92 Å². The van der Waals surface area contributed by atoms with Gasteiger partial charge in [-0.15, -0.1) is 0 Å². The van der Waals surface area contributed by atoms with E-state index in [0.29, 0.717) is 6.61 Å². The average molecular weight is 322 g/mol. The molecule has 20 heavy (non-hydrogen) atoms. The van der Waals surface area contributed by atoms with E-state index in [1.165, 1.54) is 6.42 Å². The monoisotopic (exact) mass is 321 g/mol. The van der Waals surface area contributed by atoms with Gasteiger partial charge in [0, 0.05) is 24.0 Å². The van der Waals surface area contributed by atoms with Gasteiger partial charge in [-0.2, -0.15) is 0 Å². The maximum atomic E-state index is 11.4. The topological polar surface area (TPSA) is 55.4 Å². The normalized spacial score (nSPS) is 10.9. The summed E-state index contributed by atoms with van der Waals surface area (Å²) in [5.74, 6) is 2.27. The second-order valence-electron chi connectivity index (χ2n) is 5.27. The molecule has 4 nitrogen and oxygen atoms in total. The lowest BCUT2D eigenvalue weighted by Crippen LogP contribution is -2.30. The van der Waals surface area contributed by atoms with Crippen LogP contribution in [0.1, 0.15) is 47.0 Å².